The summed E-state index contributed by atoms with van der Waals surface area (Å²) < 4.78 is 0. The van der Waals surface area contributed by atoms with Crippen molar-refractivity contribution in [3.05, 3.63) is 29.8 Å². The van der Waals surface area contributed by atoms with E-state index in [9.17, 15) is 9.59 Å². The number of anilines is 1. The highest BCUT2D eigenvalue weighted by Gasteiger charge is 2.29. The van der Waals surface area contributed by atoms with Gasteiger partial charge in [-0.25, -0.2) is 4.79 Å². The maximum Gasteiger partial charge on any atom is 0.328 e. The van der Waals surface area contributed by atoms with Gasteiger partial charge in [0.1, 0.15) is 0 Å². The van der Waals surface area contributed by atoms with Crippen LogP contribution in [0.5, 0.6) is 0 Å². The molecule has 0 aliphatic carbocycles. The third-order valence-electron chi connectivity index (χ3n) is 3.17. The molecule has 1 atom stereocenters. The highest BCUT2D eigenvalue weighted by Crippen LogP contribution is 2.20. The molecule has 0 aromatic heterocycles. The minimum absolute atomic E-state index is 0.169. The van der Waals surface area contributed by atoms with Crippen molar-refractivity contribution in [3.63, 3.8) is 0 Å². The standard InChI is InChI=1S/C14H18N2O2/c1-3-4-11-5-7-12(8-6-11)16-9-10(2)13(17)15-14(16)18/h5-8,10H,3-4,9H2,1-2H3,(H,15,17,18). The molecule has 0 saturated carbocycles. The summed E-state index contributed by atoms with van der Waals surface area (Å²) in [5, 5.41) is 2.37. The van der Waals surface area contributed by atoms with Crippen LogP contribution in [0.3, 0.4) is 0 Å². The smallest absolute Gasteiger partial charge is 0.293 e. The number of rotatable bonds is 3. The SMILES string of the molecule is CCCc1ccc(N2CC(C)C(=O)NC2=O)cc1. The largest absolute Gasteiger partial charge is 0.328 e. The minimum atomic E-state index is -0.332. The summed E-state index contributed by atoms with van der Waals surface area (Å²) in [6, 6.07) is 7.61. The molecule has 4 heteroatoms. The van der Waals surface area contributed by atoms with Crippen molar-refractivity contribution in [2.45, 2.75) is 26.7 Å². The highest BCUT2D eigenvalue weighted by atomic mass is 16.2. The molecule has 96 valence electrons. The summed E-state index contributed by atoms with van der Waals surface area (Å²) in [4.78, 5) is 24.7. The molecule has 1 aliphatic rings. The summed E-state index contributed by atoms with van der Waals surface area (Å²) in [6.45, 7) is 4.40. The Bertz CT molecular complexity index is 453. The predicted molar refractivity (Wildman–Crippen MR) is 70.5 cm³/mol. The van der Waals surface area contributed by atoms with Gasteiger partial charge in [-0.1, -0.05) is 32.4 Å². The predicted octanol–water partition coefficient (Wildman–Crippen LogP) is 2.33. The van der Waals surface area contributed by atoms with Crippen molar-refractivity contribution in [1.82, 2.24) is 5.32 Å². The number of carbonyl (C=O) groups excluding carboxylic acids is 2. The van der Waals surface area contributed by atoms with E-state index in [0.29, 0.717) is 6.54 Å². The molecule has 2 rings (SSSR count). The fourth-order valence-electron chi connectivity index (χ4n) is 2.09. The van der Waals surface area contributed by atoms with Gasteiger partial charge in [0.2, 0.25) is 5.91 Å². The van der Waals surface area contributed by atoms with E-state index < -0.39 is 0 Å². The zero-order valence-electron chi connectivity index (χ0n) is 10.8. The van der Waals surface area contributed by atoms with Gasteiger partial charge in [0.25, 0.3) is 0 Å². The Balaban J connectivity index is 2.15. The van der Waals surface area contributed by atoms with Crippen LogP contribution in [0, 0.1) is 5.92 Å². The fraction of sp³-hybridized carbons (Fsp3) is 0.429. The number of benzene rings is 1. The van der Waals surface area contributed by atoms with Crippen LogP contribution in [0.25, 0.3) is 0 Å². The second-order valence-electron chi connectivity index (χ2n) is 4.72. The molecule has 1 fully saturated rings. The van der Waals surface area contributed by atoms with Crippen LogP contribution in [0.2, 0.25) is 0 Å². The summed E-state index contributed by atoms with van der Waals surface area (Å²) in [5.41, 5.74) is 2.11. The molecule has 0 radical (unpaired) electrons. The molecule has 1 heterocycles. The lowest BCUT2D eigenvalue weighted by Gasteiger charge is -2.30. The van der Waals surface area contributed by atoms with Crippen molar-refractivity contribution in [3.8, 4) is 0 Å². The summed E-state index contributed by atoms with van der Waals surface area (Å²) in [5.74, 6) is -0.364. The highest BCUT2D eigenvalue weighted by molar-refractivity contribution is 6.06. The molecule has 4 nitrogen and oxygen atoms in total. The first-order valence-electron chi connectivity index (χ1n) is 6.33. The van der Waals surface area contributed by atoms with Crippen LogP contribution in [0.4, 0.5) is 10.5 Å². The van der Waals surface area contributed by atoms with Crippen molar-refractivity contribution in [1.29, 1.82) is 0 Å². The van der Waals surface area contributed by atoms with Crippen LogP contribution < -0.4 is 10.2 Å². The van der Waals surface area contributed by atoms with Gasteiger partial charge >= 0.3 is 6.03 Å². The monoisotopic (exact) mass is 246 g/mol. The Labute approximate surface area is 107 Å². The number of aryl methyl sites for hydroxylation is 1. The number of hydrogen-bond acceptors (Lipinski definition) is 2. The van der Waals surface area contributed by atoms with E-state index >= 15 is 0 Å². The van der Waals surface area contributed by atoms with Crippen molar-refractivity contribution in [2.75, 3.05) is 11.4 Å². The van der Waals surface area contributed by atoms with Crippen LogP contribution >= 0.6 is 0 Å². The quantitative estimate of drug-likeness (QED) is 0.889. The van der Waals surface area contributed by atoms with Crippen molar-refractivity contribution < 1.29 is 9.59 Å². The normalized spacial score (nSPS) is 19.9. The molecule has 1 aromatic rings. The molecule has 0 bridgehead atoms. The zero-order valence-corrected chi connectivity index (χ0v) is 10.8. The van der Waals surface area contributed by atoms with E-state index in [2.05, 4.69) is 12.2 Å². The molecule has 1 aliphatic heterocycles. The van der Waals surface area contributed by atoms with Gasteiger partial charge in [0, 0.05) is 12.2 Å². The molecule has 3 amide bonds. The maximum absolute atomic E-state index is 11.8. The van der Waals surface area contributed by atoms with Crippen molar-refractivity contribution >= 4 is 17.6 Å². The first-order chi connectivity index (χ1) is 8.61. The number of urea groups is 1. The van der Waals surface area contributed by atoms with E-state index in [-0.39, 0.29) is 17.9 Å². The Kier molecular flexibility index (Phi) is 3.65. The van der Waals surface area contributed by atoms with E-state index in [1.807, 2.05) is 31.2 Å². The van der Waals surface area contributed by atoms with E-state index in [4.69, 9.17) is 0 Å². The summed E-state index contributed by atoms with van der Waals surface area (Å²) in [6.07, 6.45) is 2.15. The molecule has 1 N–H and O–H groups in total. The average molecular weight is 246 g/mol. The molecule has 1 aromatic carbocycles. The first kappa shape index (κ1) is 12.6. The Morgan fingerprint density at radius 3 is 2.56 bits per heavy atom. The molecular formula is C14H18N2O2. The second-order valence-corrected chi connectivity index (χ2v) is 4.72. The van der Waals surface area contributed by atoms with E-state index in [0.717, 1.165) is 18.5 Å². The minimum Gasteiger partial charge on any atom is -0.293 e. The van der Waals surface area contributed by atoms with E-state index in [1.54, 1.807) is 4.90 Å². The van der Waals surface area contributed by atoms with Crippen LogP contribution in [-0.4, -0.2) is 18.5 Å². The number of hydrogen-bond donors (Lipinski definition) is 1. The van der Waals surface area contributed by atoms with Gasteiger partial charge in [-0.15, -0.1) is 0 Å². The third-order valence-corrected chi connectivity index (χ3v) is 3.17. The van der Waals surface area contributed by atoms with Crippen molar-refractivity contribution in [2.24, 2.45) is 5.92 Å². The van der Waals surface area contributed by atoms with Gasteiger partial charge in [-0.2, -0.15) is 0 Å². The lowest BCUT2D eigenvalue weighted by molar-refractivity contribution is -0.123. The molecule has 18 heavy (non-hydrogen) atoms. The lowest BCUT2D eigenvalue weighted by Crippen LogP contribution is -2.53. The summed E-state index contributed by atoms with van der Waals surface area (Å²) >= 11 is 0. The summed E-state index contributed by atoms with van der Waals surface area (Å²) in [7, 11) is 0. The third kappa shape index (κ3) is 2.53. The van der Waals surface area contributed by atoms with E-state index in [1.165, 1.54) is 5.56 Å². The fourth-order valence-corrected chi connectivity index (χ4v) is 2.09. The van der Waals surface area contributed by atoms with Crippen LogP contribution in [-0.2, 0) is 11.2 Å². The Morgan fingerprint density at radius 1 is 1.28 bits per heavy atom. The Morgan fingerprint density at radius 2 is 1.94 bits per heavy atom. The number of nitrogens with zero attached hydrogens (tertiary/aromatic N) is 1. The maximum atomic E-state index is 11.8. The zero-order chi connectivity index (χ0) is 13.1. The molecule has 0 spiro atoms. The number of carbonyl (C=O) groups is 2. The number of imide groups is 1. The van der Waals surface area contributed by atoms with Crippen LogP contribution in [0.1, 0.15) is 25.8 Å². The number of amides is 3. The second kappa shape index (κ2) is 5.21. The average Bonchev–Trinajstić information content (AvgIpc) is 2.35. The molecule has 1 unspecified atom stereocenters. The van der Waals surface area contributed by atoms with Gasteiger partial charge in [0.15, 0.2) is 0 Å². The first-order valence-corrected chi connectivity index (χ1v) is 6.33. The van der Waals surface area contributed by atoms with Gasteiger partial charge in [-0.3, -0.25) is 15.0 Å². The van der Waals surface area contributed by atoms with Gasteiger partial charge < -0.3 is 0 Å². The topological polar surface area (TPSA) is 49.4 Å². The lowest BCUT2D eigenvalue weighted by atomic mass is 10.1. The molecular weight excluding hydrogens is 228 g/mol. The van der Waals surface area contributed by atoms with Gasteiger partial charge in [0.05, 0.1) is 5.92 Å². The van der Waals surface area contributed by atoms with Gasteiger partial charge in [-0.05, 0) is 24.1 Å². The Hall–Kier alpha value is -1.84. The number of nitrogens with one attached hydrogen (secondary N) is 1. The van der Waals surface area contributed by atoms with Crippen LogP contribution in [0.15, 0.2) is 24.3 Å². The molecule has 1 saturated heterocycles.